The van der Waals surface area contributed by atoms with Crippen LogP contribution in [0.25, 0.3) is 0 Å². The molecule has 14 heavy (non-hydrogen) atoms. The Balaban J connectivity index is 1.86. The molecule has 0 bridgehead atoms. The average Bonchev–Trinajstić information content (AvgIpc) is 2.52. The molecule has 0 aromatic carbocycles. The van der Waals surface area contributed by atoms with Gasteiger partial charge < -0.3 is 5.32 Å². The van der Waals surface area contributed by atoms with E-state index < -0.39 is 0 Å². The lowest BCUT2D eigenvalue weighted by atomic mass is 9.91. The summed E-state index contributed by atoms with van der Waals surface area (Å²) in [6.07, 6.45) is 5.68. The molecule has 1 N–H and O–H groups in total. The van der Waals surface area contributed by atoms with Crippen molar-refractivity contribution in [3.63, 3.8) is 0 Å². The maximum Gasteiger partial charge on any atom is 0.0127 e. The zero-order valence-corrected chi connectivity index (χ0v) is 10.1. The van der Waals surface area contributed by atoms with Crippen LogP contribution in [0.4, 0.5) is 0 Å². The Labute approximate surface area is 88.7 Å². The van der Waals surface area contributed by atoms with Crippen molar-refractivity contribution in [3.05, 3.63) is 0 Å². The van der Waals surface area contributed by atoms with E-state index in [2.05, 4.69) is 33.0 Å². The van der Waals surface area contributed by atoms with Crippen LogP contribution < -0.4 is 5.32 Å². The second-order valence-electron chi connectivity index (χ2n) is 6.36. The number of rotatable bonds is 3. The van der Waals surface area contributed by atoms with Crippen molar-refractivity contribution in [1.82, 2.24) is 5.32 Å². The molecule has 2 saturated carbocycles. The van der Waals surface area contributed by atoms with E-state index in [0.717, 1.165) is 23.9 Å². The molecular formula is C13H25N. The molecule has 1 nitrogen and oxygen atoms in total. The van der Waals surface area contributed by atoms with E-state index >= 15 is 0 Å². The molecule has 0 aliphatic heterocycles. The highest BCUT2D eigenvalue weighted by Gasteiger charge is 2.47. The molecule has 1 heteroatoms. The lowest BCUT2D eigenvalue weighted by molar-refractivity contribution is 0.303. The highest BCUT2D eigenvalue weighted by atomic mass is 15.0. The Hall–Kier alpha value is -0.0400. The molecule has 0 heterocycles. The second kappa shape index (κ2) is 3.52. The van der Waals surface area contributed by atoms with Gasteiger partial charge in [-0.25, -0.2) is 0 Å². The van der Waals surface area contributed by atoms with Gasteiger partial charge in [0.15, 0.2) is 0 Å². The predicted octanol–water partition coefficient (Wildman–Crippen LogP) is 3.20. The Kier molecular flexibility index (Phi) is 2.63. The third kappa shape index (κ3) is 1.98. The Morgan fingerprint density at radius 3 is 2.36 bits per heavy atom. The number of hydrogen-bond donors (Lipinski definition) is 1. The standard InChI is InChI=1S/C13H25N/c1-9(2)10-6-5-7-11(10)14-12-8-13(12,3)4/h9-12,14H,5-8H2,1-4H3. The molecule has 2 fully saturated rings. The third-order valence-corrected chi connectivity index (χ3v) is 4.35. The van der Waals surface area contributed by atoms with Crippen LogP contribution in [-0.2, 0) is 0 Å². The van der Waals surface area contributed by atoms with E-state index in [1.165, 1.54) is 25.7 Å². The van der Waals surface area contributed by atoms with Gasteiger partial charge in [-0.2, -0.15) is 0 Å². The van der Waals surface area contributed by atoms with Gasteiger partial charge in [0, 0.05) is 12.1 Å². The molecule has 2 aliphatic rings. The molecule has 0 aromatic rings. The van der Waals surface area contributed by atoms with Crippen LogP contribution in [0.1, 0.15) is 53.4 Å². The van der Waals surface area contributed by atoms with Gasteiger partial charge >= 0.3 is 0 Å². The van der Waals surface area contributed by atoms with Crippen molar-refractivity contribution >= 4 is 0 Å². The highest BCUT2D eigenvalue weighted by molar-refractivity contribution is 5.04. The molecule has 2 aliphatic carbocycles. The van der Waals surface area contributed by atoms with Crippen molar-refractivity contribution < 1.29 is 0 Å². The minimum atomic E-state index is 0.587. The lowest BCUT2D eigenvalue weighted by Gasteiger charge is -2.25. The van der Waals surface area contributed by atoms with Crippen molar-refractivity contribution in [2.45, 2.75) is 65.5 Å². The van der Waals surface area contributed by atoms with Crippen molar-refractivity contribution in [1.29, 1.82) is 0 Å². The summed E-state index contributed by atoms with van der Waals surface area (Å²) < 4.78 is 0. The van der Waals surface area contributed by atoms with Crippen LogP contribution in [0.3, 0.4) is 0 Å². The molecule has 3 atom stereocenters. The average molecular weight is 195 g/mol. The van der Waals surface area contributed by atoms with Gasteiger partial charge in [-0.1, -0.05) is 34.1 Å². The van der Waals surface area contributed by atoms with Gasteiger partial charge in [-0.15, -0.1) is 0 Å². The summed E-state index contributed by atoms with van der Waals surface area (Å²) in [6.45, 7) is 9.51. The highest BCUT2D eigenvalue weighted by Crippen LogP contribution is 2.46. The first-order valence-electron chi connectivity index (χ1n) is 6.27. The first kappa shape index (κ1) is 10.5. The van der Waals surface area contributed by atoms with Crippen molar-refractivity contribution in [2.75, 3.05) is 0 Å². The van der Waals surface area contributed by atoms with Crippen molar-refractivity contribution in [3.8, 4) is 0 Å². The Morgan fingerprint density at radius 1 is 1.21 bits per heavy atom. The molecule has 0 spiro atoms. The minimum absolute atomic E-state index is 0.587. The fourth-order valence-electron chi connectivity index (χ4n) is 3.00. The van der Waals surface area contributed by atoms with E-state index in [1.807, 2.05) is 0 Å². The minimum Gasteiger partial charge on any atom is -0.310 e. The molecule has 2 rings (SSSR count). The van der Waals surface area contributed by atoms with Crippen LogP contribution in [-0.4, -0.2) is 12.1 Å². The zero-order valence-electron chi connectivity index (χ0n) is 10.1. The fraction of sp³-hybridized carbons (Fsp3) is 1.00. The molecule has 0 saturated heterocycles. The predicted molar refractivity (Wildman–Crippen MR) is 61.3 cm³/mol. The van der Waals surface area contributed by atoms with E-state index in [0.29, 0.717) is 5.41 Å². The Morgan fingerprint density at radius 2 is 1.86 bits per heavy atom. The van der Waals surface area contributed by atoms with Crippen LogP contribution in [0, 0.1) is 17.3 Å². The van der Waals surface area contributed by atoms with E-state index in [9.17, 15) is 0 Å². The molecule has 0 radical (unpaired) electrons. The number of nitrogens with one attached hydrogen (secondary N) is 1. The summed E-state index contributed by atoms with van der Waals surface area (Å²) in [7, 11) is 0. The van der Waals surface area contributed by atoms with E-state index in [-0.39, 0.29) is 0 Å². The van der Waals surface area contributed by atoms with Gasteiger partial charge in [-0.05, 0) is 36.5 Å². The second-order valence-corrected chi connectivity index (χ2v) is 6.36. The zero-order chi connectivity index (χ0) is 10.3. The van der Waals surface area contributed by atoms with Gasteiger partial charge in [0.2, 0.25) is 0 Å². The summed E-state index contributed by atoms with van der Waals surface area (Å²) in [5, 5.41) is 3.87. The van der Waals surface area contributed by atoms with Crippen LogP contribution in [0.2, 0.25) is 0 Å². The summed E-state index contributed by atoms with van der Waals surface area (Å²) in [4.78, 5) is 0. The van der Waals surface area contributed by atoms with E-state index in [4.69, 9.17) is 0 Å². The van der Waals surface area contributed by atoms with Crippen LogP contribution in [0.15, 0.2) is 0 Å². The largest absolute Gasteiger partial charge is 0.310 e. The first-order chi connectivity index (χ1) is 6.50. The van der Waals surface area contributed by atoms with Crippen LogP contribution in [0.5, 0.6) is 0 Å². The summed E-state index contributed by atoms with van der Waals surface area (Å²) in [5.41, 5.74) is 0.587. The Bertz CT molecular complexity index is 207. The monoisotopic (exact) mass is 195 g/mol. The maximum atomic E-state index is 3.87. The topological polar surface area (TPSA) is 12.0 Å². The molecule has 0 aromatic heterocycles. The maximum absolute atomic E-state index is 3.87. The summed E-state index contributed by atoms with van der Waals surface area (Å²) in [5.74, 6) is 1.79. The SMILES string of the molecule is CC(C)C1CCCC1NC1CC1(C)C. The summed E-state index contributed by atoms with van der Waals surface area (Å²) in [6, 6.07) is 1.63. The van der Waals surface area contributed by atoms with Gasteiger partial charge in [0.05, 0.1) is 0 Å². The molecule has 82 valence electrons. The molecule has 0 amide bonds. The quantitative estimate of drug-likeness (QED) is 0.729. The van der Waals surface area contributed by atoms with Gasteiger partial charge in [0.25, 0.3) is 0 Å². The summed E-state index contributed by atoms with van der Waals surface area (Å²) >= 11 is 0. The molecular weight excluding hydrogens is 170 g/mol. The van der Waals surface area contributed by atoms with Gasteiger partial charge in [0.1, 0.15) is 0 Å². The van der Waals surface area contributed by atoms with Crippen LogP contribution >= 0.6 is 0 Å². The first-order valence-corrected chi connectivity index (χ1v) is 6.27. The third-order valence-electron chi connectivity index (χ3n) is 4.35. The lowest BCUT2D eigenvalue weighted by Crippen LogP contribution is -2.37. The smallest absolute Gasteiger partial charge is 0.0127 e. The van der Waals surface area contributed by atoms with Crippen molar-refractivity contribution in [2.24, 2.45) is 17.3 Å². The van der Waals surface area contributed by atoms with E-state index in [1.54, 1.807) is 0 Å². The normalized spacial score (nSPS) is 40.5. The fourth-order valence-corrected chi connectivity index (χ4v) is 3.00. The number of hydrogen-bond acceptors (Lipinski definition) is 1. The molecule has 3 unspecified atom stereocenters. The van der Waals surface area contributed by atoms with Gasteiger partial charge in [-0.3, -0.25) is 0 Å².